The van der Waals surface area contributed by atoms with Crippen LogP contribution in [0.1, 0.15) is 15.9 Å². The number of pyridine rings is 1. The first-order valence-corrected chi connectivity index (χ1v) is 5.31. The second-order valence-corrected chi connectivity index (χ2v) is 3.77. The van der Waals surface area contributed by atoms with E-state index < -0.39 is 29.0 Å². The van der Waals surface area contributed by atoms with E-state index in [4.69, 9.17) is 9.84 Å². The zero-order valence-corrected chi connectivity index (χ0v) is 9.85. The maximum Gasteiger partial charge on any atom is 0.338 e. The highest BCUT2D eigenvalue weighted by Crippen LogP contribution is 2.27. The predicted molar refractivity (Wildman–Crippen MR) is 62.4 cm³/mol. The van der Waals surface area contributed by atoms with E-state index in [0.717, 1.165) is 12.3 Å². The summed E-state index contributed by atoms with van der Waals surface area (Å²) < 4.78 is 32.4. The molecule has 2 aromatic rings. The molecular formula is C13H9F2NO3. The maximum atomic E-state index is 13.8. The molecule has 0 aliphatic carbocycles. The summed E-state index contributed by atoms with van der Waals surface area (Å²) in [6.45, 7) is 1.53. The van der Waals surface area contributed by atoms with Gasteiger partial charge in [-0.15, -0.1) is 0 Å². The van der Waals surface area contributed by atoms with Crippen LogP contribution in [0, 0.1) is 18.6 Å². The molecule has 0 atom stereocenters. The van der Waals surface area contributed by atoms with Crippen molar-refractivity contribution in [2.24, 2.45) is 0 Å². The van der Waals surface area contributed by atoms with Gasteiger partial charge in [0.05, 0.1) is 0 Å². The quantitative estimate of drug-likeness (QED) is 0.926. The summed E-state index contributed by atoms with van der Waals surface area (Å²) in [6.07, 6.45) is 1.08. The lowest BCUT2D eigenvalue weighted by Gasteiger charge is -2.08. The molecule has 0 aliphatic rings. The van der Waals surface area contributed by atoms with Crippen LogP contribution >= 0.6 is 0 Å². The zero-order chi connectivity index (χ0) is 14.0. The highest BCUT2D eigenvalue weighted by Gasteiger charge is 2.18. The van der Waals surface area contributed by atoms with Gasteiger partial charge in [0, 0.05) is 6.20 Å². The number of halogens is 2. The molecule has 2 rings (SSSR count). The van der Waals surface area contributed by atoms with Gasteiger partial charge in [-0.2, -0.15) is 0 Å². The minimum atomic E-state index is -1.45. The molecular weight excluding hydrogens is 256 g/mol. The number of aryl methyl sites for hydroxylation is 1. The van der Waals surface area contributed by atoms with Crippen LogP contribution in [0.15, 0.2) is 30.5 Å². The van der Waals surface area contributed by atoms with Gasteiger partial charge in [0.25, 0.3) is 5.88 Å². The van der Waals surface area contributed by atoms with Crippen molar-refractivity contribution in [1.82, 2.24) is 4.98 Å². The van der Waals surface area contributed by atoms with Crippen molar-refractivity contribution < 1.29 is 23.4 Å². The molecule has 1 aromatic carbocycles. The fourth-order valence-electron chi connectivity index (χ4n) is 1.46. The van der Waals surface area contributed by atoms with Gasteiger partial charge in [-0.3, -0.25) is 0 Å². The van der Waals surface area contributed by atoms with Gasteiger partial charge in [-0.05, 0) is 24.6 Å². The van der Waals surface area contributed by atoms with Gasteiger partial charge in [0.15, 0.2) is 17.4 Å². The molecule has 0 fully saturated rings. The highest BCUT2D eigenvalue weighted by atomic mass is 19.1. The predicted octanol–water partition coefficient (Wildman–Crippen LogP) is 3.16. The number of benzene rings is 1. The van der Waals surface area contributed by atoms with Crippen molar-refractivity contribution in [2.75, 3.05) is 0 Å². The molecule has 98 valence electrons. The summed E-state index contributed by atoms with van der Waals surface area (Å²) in [5.41, 5.74) is -0.259. The van der Waals surface area contributed by atoms with Gasteiger partial charge in [0.2, 0.25) is 0 Å². The molecule has 0 radical (unpaired) electrons. The number of carboxylic acid groups (broad SMARTS) is 1. The molecule has 0 bridgehead atoms. The fraction of sp³-hybridized carbons (Fsp3) is 0.0769. The molecule has 0 spiro atoms. The van der Waals surface area contributed by atoms with E-state index in [1.165, 1.54) is 25.1 Å². The zero-order valence-electron chi connectivity index (χ0n) is 9.85. The molecule has 1 N–H and O–H groups in total. The second-order valence-electron chi connectivity index (χ2n) is 3.77. The number of hydrogen-bond acceptors (Lipinski definition) is 3. The van der Waals surface area contributed by atoms with E-state index >= 15 is 0 Å². The number of aromatic nitrogens is 1. The lowest BCUT2D eigenvalue weighted by molar-refractivity contribution is 0.0690. The van der Waals surface area contributed by atoms with Crippen molar-refractivity contribution in [3.63, 3.8) is 0 Å². The second kappa shape index (κ2) is 5.01. The Kier molecular flexibility index (Phi) is 3.41. The summed E-state index contributed by atoms with van der Waals surface area (Å²) in [4.78, 5) is 14.3. The Morgan fingerprint density at radius 3 is 2.68 bits per heavy atom. The molecule has 0 unspecified atom stereocenters. The van der Waals surface area contributed by atoms with E-state index in [-0.39, 0.29) is 5.75 Å². The van der Waals surface area contributed by atoms with Gasteiger partial charge >= 0.3 is 5.97 Å². The largest absolute Gasteiger partial charge is 0.478 e. The fourth-order valence-corrected chi connectivity index (χ4v) is 1.46. The number of hydrogen-bond donors (Lipinski definition) is 1. The van der Waals surface area contributed by atoms with E-state index in [2.05, 4.69) is 4.98 Å². The van der Waals surface area contributed by atoms with Crippen molar-refractivity contribution in [3.05, 3.63) is 53.2 Å². The summed E-state index contributed by atoms with van der Waals surface area (Å²) >= 11 is 0. The lowest BCUT2D eigenvalue weighted by Crippen LogP contribution is -2.04. The maximum absolute atomic E-state index is 13.8. The third-order valence-electron chi connectivity index (χ3n) is 2.45. The average Bonchev–Trinajstić information content (AvgIpc) is 2.37. The summed E-state index contributed by atoms with van der Waals surface area (Å²) in [7, 11) is 0. The number of rotatable bonds is 3. The average molecular weight is 265 g/mol. The van der Waals surface area contributed by atoms with Gasteiger partial charge < -0.3 is 9.84 Å². The van der Waals surface area contributed by atoms with Crippen LogP contribution in [-0.2, 0) is 0 Å². The van der Waals surface area contributed by atoms with Crippen LogP contribution in [0.4, 0.5) is 8.78 Å². The molecule has 0 saturated carbocycles. The van der Waals surface area contributed by atoms with Crippen LogP contribution < -0.4 is 4.74 Å². The summed E-state index contributed by atoms with van der Waals surface area (Å²) in [6, 6.07) is 5.36. The van der Waals surface area contributed by atoms with Gasteiger partial charge in [0.1, 0.15) is 5.56 Å². The molecule has 6 heteroatoms. The first-order valence-electron chi connectivity index (χ1n) is 5.31. The normalized spacial score (nSPS) is 10.3. The van der Waals surface area contributed by atoms with E-state index in [1.54, 1.807) is 0 Å². The molecule has 4 nitrogen and oxygen atoms in total. The molecule has 0 amide bonds. The monoisotopic (exact) mass is 265 g/mol. The third-order valence-corrected chi connectivity index (χ3v) is 2.45. The van der Waals surface area contributed by atoms with Crippen LogP contribution in [-0.4, -0.2) is 16.1 Å². The van der Waals surface area contributed by atoms with Gasteiger partial charge in [-0.25, -0.2) is 18.6 Å². The Hall–Kier alpha value is -2.50. The van der Waals surface area contributed by atoms with E-state index in [0.29, 0.717) is 5.56 Å². The Morgan fingerprint density at radius 1 is 1.26 bits per heavy atom. The molecule has 0 saturated heterocycles. The number of aromatic carboxylic acids is 1. The number of carbonyl (C=O) groups is 1. The molecule has 1 aromatic heterocycles. The van der Waals surface area contributed by atoms with E-state index in [1.807, 2.05) is 0 Å². The smallest absolute Gasteiger partial charge is 0.338 e. The number of nitrogens with zero attached hydrogens (tertiary/aromatic N) is 1. The SMILES string of the molecule is Cc1cccc(Oc2nccc(C(=O)O)c2F)c1F. The van der Waals surface area contributed by atoms with Crippen molar-refractivity contribution in [2.45, 2.75) is 6.92 Å². The Morgan fingerprint density at radius 2 is 2.00 bits per heavy atom. The minimum absolute atomic E-state index is 0.214. The Bertz CT molecular complexity index is 644. The lowest BCUT2D eigenvalue weighted by atomic mass is 10.2. The number of carboxylic acids is 1. The Balaban J connectivity index is 2.42. The topological polar surface area (TPSA) is 59.4 Å². The third kappa shape index (κ3) is 2.52. The molecule has 1 heterocycles. The van der Waals surface area contributed by atoms with Crippen LogP contribution in [0.2, 0.25) is 0 Å². The van der Waals surface area contributed by atoms with Gasteiger partial charge in [-0.1, -0.05) is 12.1 Å². The number of ether oxygens (including phenoxy) is 1. The summed E-state index contributed by atoms with van der Waals surface area (Å²) in [5.74, 6) is -4.03. The van der Waals surface area contributed by atoms with Crippen molar-refractivity contribution in [1.29, 1.82) is 0 Å². The standard InChI is InChI=1S/C13H9F2NO3/c1-7-3-2-4-9(10(7)14)19-12-11(15)8(13(17)18)5-6-16-12/h2-6H,1H3,(H,17,18). The molecule has 0 aliphatic heterocycles. The Labute approximate surface area is 107 Å². The van der Waals surface area contributed by atoms with E-state index in [9.17, 15) is 13.6 Å². The van der Waals surface area contributed by atoms with Crippen LogP contribution in [0.25, 0.3) is 0 Å². The van der Waals surface area contributed by atoms with Crippen LogP contribution in [0.3, 0.4) is 0 Å². The minimum Gasteiger partial charge on any atom is -0.478 e. The first kappa shape index (κ1) is 12.9. The van der Waals surface area contributed by atoms with Crippen molar-refractivity contribution in [3.8, 4) is 11.6 Å². The first-order chi connectivity index (χ1) is 9.00. The molecule has 19 heavy (non-hydrogen) atoms. The summed E-state index contributed by atoms with van der Waals surface area (Å²) in [5, 5.41) is 8.76. The highest BCUT2D eigenvalue weighted by molar-refractivity contribution is 5.88. The van der Waals surface area contributed by atoms with Crippen LogP contribution in [0.5, 0.6) is 11.6 Å². The van der Waals surface area contributed by atoms with Crippen molar-refractivity contribution >= 4 is 5.97 Å².